The number of fused-ring (bicyclic) bond motifs is 2. The minimum absolute atomic E-state index is 0.0433. The lowest BCUT2D eigenvalue weighted by Gasteiger charge is -2.18. The second kappa shape index (κ2) is 7.98. The Bertz CT molecular complexity index is 1350. The molecule has 162 valence electrons. The van der Waals surface area contributed by atoms with Crippen LogP contribution >= 0.6 is 11.8 Å². The Kier molecular flexibility index (Phi) is 4.83. The number of ether oxygens (including phenoxy) is 2. The van der Waals surface area contributed by atoms with Crippen molar-refractivity contribution in [2.45, 2.75) is 42.6 Å². The van der Waals surface area contributed by atoms with E-state index in [-0.39, 0.29) is 18.4 Å². The van der Waals surface area contributed by atoms with E-state index in [1.165, 1.54) is 11.8 Å². The Morgan fingerprint density at radius 1 is 1.03 bits per heavy atom. The van der Waals surface area contributed by atoms with Crippen LogP contribution in [0, 0.1) is 0 Å². The van der Waals surface area contributed by atoms with Crippen LogP contribution in [-0.2, 0) is 5.75 Å². The van der Waals surface area contributed by atoms with Gasteiger partial charge in [-0.25, -0.2) is 4.98 Å². The molecule has 4 aromatic rings. The van der Waals surface area contributed by atoms with Crippen LogP contribution in [0.25, 0.3) is 22.3 Å². The minimum atomic E-state index is -0.0433. The van der Waals surface area contributed by atoms with Gasteiger partial charge in [0.05, 0.1) is 16.7 Å². The van der Waals surface area contributed by atoms with Crippen LogP contribution in [0.4, 0.5) is 0 Å². The zero-order valence-electron chi connectivity index (χ0n) is 17.2. The Balaban J connectivity index is 1.36. The summed E-state index contributed by atoms with van der Waals surface area (Å²) in [6, 6.07) is 13.4. The van der Waals surface area contributed by atoms with Crippen molar-refractivity contribution in [2.75, 3.05) is 6.79 Å². The van der Waals surface area contributed by atoms with E-state index < -0.39 is 0 Å². The van der Waals surface area contributed by atoms with Gasteiger partial charge in [0.25, 0.3) is 5.56 Å². The van der Waals surface area contributed by atoms with Crippen LogP contribution in [0.2, 0.25) is 0 Å². The van der Waals surface area contributed by atoms with Gasteiger partial charge >= 0.3 is 0 Å². The number of aromatic nitrogens is 4. The topological polar surface area (TPSA) is 92.3 Å². The summed E-state index contributed by atoms with van der Waals surface area (Å²) in [6.45, 7) is 0.158. The molecule has 0 atom stereocenters. The Hall–Kier alpha value is -3.33. The van der Waals surface area contributed by atoms with E-state index in [0.29, 0.717) is 45.0 Å². The summed E-state index contributed by atoms with van der Waals surface area (Å²) in [5.41, 5.74) is 1.46. The number of hydrogen-bond acceptors (Lipinski definition) is 8. The number of rotatable bonds is 5. The average molecular weight is 449 g/mol. The molecule has 1 fully saturated rings. The number of thioether (sulfide) groups is 1. The van der Waals surface area contributed by atoms with E-state index in [1.54, 1.807) is 12.1 Å². The van der Waals surface area contributed by atoms with E-state index in [1.807, 2.05) is 34.9 Å². The fourth-order valence-corrected chi connectivity index (χ4v) is 5.20. The van der Waals surface area contributed by atoms with E-state index in [2.05, 4.69) is 10.1 Å². The van der Waals surface area contributed by atoms with E-state index in [9.17, 15) is 4.79 Å². The summed E-state index contributed by atoms with van der Waals surface area (Å²) in [7, 11) is 0. The molecule has 0 radical (unpaired) electrons. The number of benzene rings is 2. The largest absolute Gasteiger partial charge is 0.454 e. The van der Waals surface area contributed by atoms with Gasteiger partial charge in [-0.15, -0.1) is 0 Å². The molecule has 0 N–H and O–H groups in total. The predicted molar refractivity (Wildman–Crippen MR) is 119 cm³/mol. The van der Waals surface area contributed by atoms with Crippen LogP contribution in [0.15, 0.2) is 56.9 Å². The lowest BCUT2D eigenvalue weighted by atomic mass is 10.2. The summed E-state index contributed by atoms with van der Waals surface area (Å²) < 4.78 is 18.2. The molecule has 2 aromatic carbocycles. The molecule has 0 saturated heterocycles. The standard InChI is InChI=1S/C23H20N4O4S/c28-22-16-10-18-19(30-13-29-18)11-17(16)24-23(27(22)15-8-4-5-9-15)32-12-20-25-21(26-31-20)14-6-2-1-3-7-14/h1-3,6-7,10-11,15H,4-5,8-9,12-13H2. The third-order valence-corrected chi connectivity index (χ3v) is 6.81. The smallest absolute Gasteiger partial charge is 0.262 e. The fraction of sp³-hybridized carbons (Fsp3) is 0.304. The summed E-state index contributed by atoms with van der Waals surface area (Å²) in [4.78, 5) is 22.8. The van der Waals surface area contributed by atoms with E-state index in [0.717, 1.165) is 31.2 Å². The van der Waals surface area contributed by atoms with Gasteiger partial charge in [0.15, 0.2) is 16.7 Å². The van der Waals surface area contributed by atoms with Crippen LogP contribution < -0.4 is 15.0 Å². The molecule has 32 heavy (non-hydrogen) atoms. The average Bonchev–Trinajstić information content (AvgIpc) is 3.59. The molecule has 0 bridgehead atoms. The van der Waals surface area contributed by atoms with Gasteiger partial charge in [0.1, 0.15) is 0 Å². The summed E-state index contributed by atoms with van der Waals surface area (Å²) in [5, 5.41) is 5.30. The molecule has 9 heteroatoms. The molecule has 1 saturated carbocycles. The van der Waals surface area contributed by atoms with Crippen molar-refractivity contribution in [1.29, 1.82) is 0 Å². The van der Waals surface area contributed by atoms with Gasteiger partial charge in [-0.2, -0.15) is 4.98 Å². The second-order valence-electron chi connectivity index (χ2n) is 7.90. The fourth-order valence-electron chi connectivity index (χ4n) is 4.30. The lowest BCUT2D eigenvalue weighted by molar-refractivity contribution is 0.174. The highest BCUT2D eigenvalue weighted by molar-refractivity contribution is 7.98. The summed E-state index contributed by atoms with van der Waals surface area (Å²) in [6.07, 6.45) is 4.18. The van der Waals surface area contributed by atoms with Gasteiger partial charge in [-0.3, -0.25) is 9.36 Å². The van der Waals surface area contributed by atoms with Crippen molar-refractivity contribution >= 4 is 22.7 Å². The predicted octanol–water partition coefficient (Wildman–Crippen LogP) is 4.58. The van der Waals surface area contributed by atoms with Crippen molar-refractivity contribution < 1.29 is 14.0 Å². The Morgan fingerprint density at radius 2 is 1.81 bits per heavy atom. The first-order valence-corrected chi connectivity index (χ1v) is 11.6. The third-order valence-electron chi connectivity index (χ3n) is 5.88. The zero-order chi connectivity index (χ0) is 21.5. The Labute approximate surface area is 187 Å². The molecule has 0 spiro atoms. The summed E-state index contributed by atoms with van der Waals surface area (Å²) >= 11 is 1.44. The second-order valence-corrected chi connectivity index (χ2v) is 8.84. The van der Waals surface area contributed by atoms with Gasteiger partial charge < -0.3 is 14.0 Å². The minimum Gasteiger partial charge on any atom is -0.454 e. The quantitative estimate of drug-likeness (QED) is 0.324. The maximum atomic E-state index is 13.5. The van der Waals surface area contributed by atoms with Gasteiger partial charge in [0, 0.05) is 17.7 Å². The van der Waals surface area contributed by atoms with Gasteiger partial charge in [-0.05, 0) is 18.9 Å². The van der Waals surface area contributed by atoms with Crippen molar-refractivity contribution in [3.05, 3.63) is 58.7 Å². The van der Waals surface area contributed by atoms with Crippen molar-refractivity contribution in [2.24, 2.45) is 0 Å². The highest BCUT2D eigenvalue weighted by Gasteiger charge is 2.25. The monoisotopic (exact) mass is 448 g/mol. The highest BCUT2D eigenvalue weighted by Crippen LogP contribution is 2.37. The molecule has 2 aromatic heterocycles. The van der Waals surface area contributed by atoms with E-state index in [4.69, 9.17) is 19.0 Å². The molecule has 2 aliphatic rings. The first-order chi connectivity index (χ1) is 15.8. The summed E-state index contributed by atoms with van der Waals surface area (Å²) in [5.74, 6) is 2.67. The van der Waals surface area contributed by atoms with Crippen LogP contribution in [0.3, 0.4) is 0 Å². The first-order valence-electron chi connectivity index (χ1n) is 10.6. The molecule has 1 aliphatic carbocycles. The zero-order valence-corrected chi connectivity index (χ0v) is 18.0. The van der Waals surface area contributed by atoms with E-state index >= 15 is 0 Å². The SMILES string of the molecule is O=c1c2cc3c(cc2nc(SCc2nc(-c4ccccc4)no2)n1C1CCCC1)OCO3. The first kappa shape index (κ1) is 19.4. The van der Waals surface area contributed by atoms with Crippen LogP contribution in [0.1, 0.15) is 37.6 Å². The van der Waals surface area contributed by atoms with Gasteiger partial charge in [-0.1, -0.05) is 60.1 Å². The third kappa shape index (κ3) is 3.42. The van der Waals surface area contributed by atoms with Gasteiger partial charge in [0.2, 0.25) is 18.5 Å². The molecular formula is C23H20N4O4S. The lowest BCUT2D eigenvalue weighted by Crippen LogP contribution is -2.26. The molecule has 8 nitrogen and oxygen atoms in total. The molecule has 0 amide bonds. The maximum absolute atomic E-state index is 13.5. The number of hydrogen-bond donors (Lipinski definition) is 0. The maximum Gasteiger partial charge on any atom is 0.262 e. The normalized spacial score (nSPS) is 15.6. The van der Waals surface area contributed by atoms with Crippen LogP contribution in [-0.4, -0.2) is 26.5 Å². The highest BCUT2D eigenvalue weighted by atomic mass is 32.2. The molecule has 1 aliphatic heterocycles. The van der Waals surface area contributed by atoms with Crippen molar-refractivity contribution in [3.8, 4) is 22.9 Å². The molecule has 6 rings (SSSR count). The Morgan fingerprint density at radius 3 is 2.62 bits per heavy atom. The van der Waals surface area contributed by atoms with Crippen molar-refractivity contribution in [3.63, 3.8) is 0 Å². The molecule has 3 heterocycles. The van der Waals surface area contributed by atoms with Crippen molar-refractivity contribution in [1.82, 2.24) is 19.7 Å². The molecule has 0 unspecified atom stereocenters. The van der Waals surface area contributed by atoms with Crippen LogP contribution in [0.5, 0.6) is 11.5 Å². The molecular weight excluding hydrogens is 428 g/mol. The number of nitrogens with zero attached hydrogens (tertiary/aromatic N) is 4.